The van der Waals surface area contributed by atoms with Crippen LogP contribution in [0.25, 0.3) is 0 Å². The van der Waals surface area contributed by atoms with Crippen molar-refractivity contribution in [3.8, 4) is 0 Å². The Balaban J connectivity index is 1.88. The van der Waals surface area contributed by atoms with Gasteiger partial charge in [-0.3, -0.25) is 14.5 Å². The Morgan fingerprint density at radius 3 is 2.42 bits per heavy atom. The molecule has 19 heavy (non-hydrogen) atoms. The van der Waals surface area contributed by atoms with Crippen molar-refractivity contribution in [2.75, 3.05) is 32.7 Å². The Morgan fingerprint density at radius 1 is 1.11 bits per heavy atom. The molecule has 5 heteroatoms. The standard InChI is InChI=1S/C14H24N2O3/c1-14(13(18)19)6-5-7-15(11-14)10-12(17)16-8-3-2-4-9-16/h2-11H2,1H3,(H,18,19). The van der Waals surface area contributed by atoms with Crippen LogP contribution in [-0.2, 0) is 9.59 Å². The number of aliphatic carboxylic acids is 1. The van der Waals surface area contributed by atoms with Crippen LogP contribution in [0.1, 0.15) is 39.0 Å². The van der Waals surface area contributed by atoms with Gasteiger partial charge in [-0.2, -0.15) is 0 Å². The van der Waals surface area contributed by atoms with E-state index in [4.69, 9.17) is 0 Å². The van der Waals surface area contributed by atoms with Gasteiger partial charge in [-0.05, 0) is 45.6 Å². The molecule has 0 radical (unpaired) electrons. The molecule has 2 aliphatic rings. The first-order valence-corrected chi connectivity index (χ1v) is 7.25. The van der Waals surface area contributed by atoms with Gasteiger partial charge in [0.2, 0.25) is 5.91 Å². The van der Waals surface area contributed by atoms with Crippen molar-refractivity contribution in [3.05, 3.63) is 0 Å². The van der Waals surface area contributed by atoms with Crippen molar-refractivity contribution < 1.29 is 14.7 Å². The topological polar surface area (TPSA) is 60.9 Å². The summed E-state index contributed by atoms with van der Waals surface area (Å²) in [5.41, 5.74) is -0.694. The monoisotopic (exact) mass is 268 g/mol. The van der Waals surface area contributed by atoms with Gasteiger partial charge >= 0.3 is 5.97 Å². The molecule has 1 unspecified atom stereocenters. The maximum absolute atomic E-state index is 12.2. The Labute approximate surface area is 114 Å². The molecule has 0 bridgehead atoms. The molecule has 1 N–H and O–H groups in total. The first-order valence-electron chi connectivity index (χ1n) is 7.25. The number of carbonyl (C=O) groups is 2. The number of carboxylic acids is 1. The fourth-order valence-electron chi connectivity index (χ4n) is 3.09. The predicted molar refractivity (Wildman–Crippen MR) is 71.8 cm³/mol. The van der Waals surface area contributed by atoms with Gasteiger partial charge in [0, 0.05) is 19.6 Å². The van der Waals surface area contributed by atoms with Crippen LogP contribution in [0.3, 0.4) is 0 Å². The molecule has 0 saturated carbocycles. The van der Waals surface area contributed by atoms with Crippen LogP contribution in [-0.4, -0.2) is 59.5 Å². The lowest BCUT2D eigenvalue weighted by Crippen LogP contribution is -2.50. The van der Waals surface area contributed by atoms with E-state index in [2.05, 4.69) is 0 Å². The molecule has 2 rings (SSSR count). The Hall–Kier alpha value is -1.10. The molecule has 2 heterocycles. The average molecular weight is 268 g/mol. The highest BCUT2D eigenvalue weighted by molar-refractivity contribution is 5.79. The molecule has 2 aliphatic heterocycles. The van der Waals surface area contributed by atoms with E-state index in [1.54, 1.807) is 6.92 Å². The van der Waals surface area contributed by atoms with Gasteiger partial charge in [-0.1, -0.05) is 0 Å². The first kappa shape index (κ1) is 14.3. The van der Waals surface area contributed by atoms with Crippen LogP contribution in [0, 0.1) is 5.41 Å². The summed E-state index contributed by atoms with van der Waals surface area (Å²) in [5, 5.41) is 9.28. The highest BCUT2D eigenvalue weighted by atomic mass is 16.4. The zero-order valence-corrected chi connectivity index (χ0v) is 11.7. The number of hydrogen-bond donors (Lipinski definition) is 1. The van der Waals surface area contributed by atoms with Crippen molar-refractivity contribution in [2.45, 2.75) is 39.0 Å². The van der Waals surface area contributed by atoms with E-state index in [-0.39, 0.29) is 5.91 Å². The third-order valence-corrected chi connectivity index (χ3v) is 4.36. The summed E-state index contributed by atoms with van der Waals surface area (Å²) < 4.78 is 0. The molecule has 2 saturated heterocycles. The number of amides is 1. The SMILES string of the molecule is CC1(C(=O)O)CCCN(CC(=O)N2CCCCC2)C1. The molecule has 0 aliphatic carbocycles. The maximum Gasteiger partial charge on any atom is 0.310 e. The van der Waals surface area contributed by atoms with Crippen LogP contribution in [0.15, 0.2) is 0 Å². The third kappa shape index (κ3) is 3.47. The number of piperidine rings is 2. The van der Waals surface area contributed by atoms with Gasteiger partial charge in [0.15, 0.2) is 0 Å². The lowest BCUT2D eigenvalue weighted by molar-refractivity contribution is -0.152. The van der Waals surface area contributed by atoms with Crippen molar-refractivity contribution in [1.29, 1.82) is 0 Å². The van der Waals surface area contributed by atoms with Gasteiger partial charge < -0.3 is 10.0 Å². The van der Waals surface area contributed by atoms with Crippen LogP contribution < -0.4 is 0 Å². The van der Waals surface area contributed by atoms with Crippen molar-refractivity contribution in [3.63, 3.8) is 0 Å². The number of hydrogen-bond acceptors (Lipinski definition) is 3. The lowest BCUT2D eigenvalue weighted by Gasteiger charge is -2.38. The van der Waals surface area contributed by atoms with E-state index >= 15 is 0 Å². The molecule has 0 aromatic carbocycles. The fraction of sp³-hybridized carbons (Fsp3) is 0.857. The molecule has 108 valence electrons. The highest BCUT2D eigenvalue weighted by Crippen LogP contribution is 2.29. The molecule has 0 aromatic heterocycles. The number of likely N-dealkylation sites (tertiary alicyclic amines) is 2. The minimum atomic E-state index is -0.748. The van der Waals surface area contributed by atoms with E-state index in [9.17, 15) is 14.7 Å². The minimum Gasteiger partial charge on any atom is -0.481 e. The summed E-state index contributed by atoms with van der Waals surface area (Å²) in [6, 6.07) is 0. The normalized spacial score (nSPS) is 29.2. The third-order valence-electron chi connectivity index (χ3n) is 4.36. The number of nitrogens with zero attached hydrogens (tertiary/aromatic N) is 2. The van der Waals surface area contributed by atoms with Crippen molar-refractivity contribution >= 4 is 11.9 Å². The van der Waals surface area contributed by atoms with Crippen LogP contribution in [0.4, 0.5) is 0 Å². The first-order chi connectivity index (χ1) is 9.01. The molecular weight excluding hydrogens is 244 g/mol. The van der Waals surface area contributed by atoms with Crippen LogP contribution in [0.2, 0.25) is 0 Å². The molecule has 5 nitrogen and oxygen atoms in total. The van der Waals surface area contributed by atoms with E-state index in [0.717, 1.165) is 38.9 Å². The van der Waals surface area contributed by atoms with Crippen molar-refractivity contribution in [1.82, 2.24) is 9.80 Å². The van der Waals surface area contributed by atoms with Crippen LogP contribution >= 0.6 is 0 Å². The van der Waals surface area contributed by atoms with E-state index < -0.39 is 11.4 Å². The molecule has 0 aromatic rings. The van der Waals surface area contributed by atoms with Gasteiger partial charge in [0.1, 0.15) is 0 Å². The summed E-state index contributed by atoms with van der Waals surface area (Å²) in [6.45, 7) is 5.21. The highest BCUT2D eigenvalue weighted by Gasteiger charge is 2.38. The lowest BCUT2D eigenvalue weighted by atomic mass is 9.82. The predicted octanol–water partition coefficient (Wildman–Crippen LogP) is 1.19. The van der Waals surface area contributed by atoms with E-state index in [1.165, 1.54) is 6.42 Å². The van der Waals surface area contributed by atoms with E-state index in [1.807, 2.05) is 9.80 Å². The molecular formula is C14H24N2O3. The zero-order chi connectivity index (χ0) is 13.9. The summed E-state index contributed by atoms with van der Waals surface area (Å²) in [5.74, 6) is -0.586. The summed E-state index contributed by atoms with van der Waals surface area (Å²) >= 11 is 0. The van der Waals surface area contributed by atoms with Crippen molar-refractivity contribution in [2.24, 2.45) is 5.41 Å². The number of carbonyl (C=O) groups excluding carboxylic acids is 1. The quantitative estimate of drug-likeness (QED) is 0.835. The zero-order valence-electron chi connectivity index (χ0n) is 11.7. The van der Waals surface area contributed by atoms with Crippen LogP contribution in [0.5, 0.6) is 0 Å². The Bertz CT molecular complexity index is 353. The fourth-order valence-corrected chi connectivity index (χ4v) is 3.09. The largest absolute Gasteiger partial charge is 0.481 e. The number of rotatable bonds is 3. The minimum absolute atomic E-state index is 0.161. The van der Waals surface area contributed by atoms with Gasteiger partial charge in [0.25, 0.3) is 0 Å². The van der Waals surface area contributed by atoms with Gasteiger partial charge in [-0.25, -0.2) is 0 Å². The summed E-state index contributed by atoms with van der Waals surface area (Å²) in [4.78, 5) is 27.4. The molecule has 1 amide bonds. The second kappa shape index (κ2) is 5.90. The second-order valence-corrected chi connectivity index (χ2v) is 6.12. The average Bonchev–Trinajstić information content (AvgIpc) is 2.39. The molecule has 1 atom stereocenters. The molecule has 2 fully saturated rings. The van der Waals surface area contributed by atoms with Gasteiger partial charge in [0.05, 0.1) is 12.0 Å². The maximum atomic E-state index is 12.2. The van der Waals surface area contributed by atoms with E-state index in [0.29, 0.717) is 19.5 Å². The smallest absolute Gasteiger partial charge is 0.310 e. The number of carboxylic acid groups (broad SMARTS) is 1. The summed E-state index contributed by atoms with van der Waals surface area (Å²) in [7, 11) is 0. The molecule has 0 spiro atoms. The Morgan fingerprint density at radius 2 is 1.79 bits per heavy atom. The summed E-state index contributed by atoms with van der Waals surface area (Å²) in [6.07, 6.45) is 4.97. The second-order valence-electron chi connectivity index (χ2n) is 6.12. The Kier molecular flexibility index (Phi) is 4.45. The van der Waals surface area contributed by atoms with Gasteiger partial charge in [-0.15, -0.1) is 0 Å².